The summed E-state index contributed by atoms with van der Waals surface area (Å²) in [6.07, 6.45) is 2.68. The highest BCUT2D eigenvalue weighted by Crippen LogP contribution is 2.40. The second-order valence-corrected chi connectivity index (χ2v) is 5.48. The predicted molar refractivity (Wildman–Crippen MR) is 52.5 cm³/mol. The number of unbranched alkanes of at least 4 members (excludes halogenated alkanes) is 2. The zero-order valence-corrected chi connectivity index (χ0v) is 8.70. The first kappa shape index (κ1) is 12.5. The van der Waals surface area contributed by atoms with Crippen molar-refractivity contribution in [3.8, 4) is 0 Å². The Labute approximate surface area is 78.1 Å². The zero-order valence-electron chi connectivity index (χ0n) is 7.81. The quantitative estimate of drug-likeness (QED) is 0.152. The lowest BCUT2D eigenvalue weighted by molar-refractivity contribution is 0.318. The van der Waals surface area contributed by atoms with Gasteiger partial charge in [-0.15, -0.1) is 0 Å². The molecule has 1 unspecified atom stereocenters. The Kier molecular flexibility index (Phi) is 5.75. The van der Waals surface area contributed by atoms with Gasteiger partial charge in [0.1, 0.15) is 5.84 Å². The molecule has 0 spiro atoms. The van der Waals surface area contributed by atoms with Gasteiger partial charge >= 0.3 is 0 Å². The summed E-state index contributed by atoms with van der Waals surface area (Å²) >= 11 is 0. The Balaban J connectivity index is 3.87. The van der Waals surface area contributed by atoms with Crippen molar-refractivity contribution in [2.45, 2.75) is 26.2 Å². The summed E-state index contributed by atoms with van der Waals surface area (Å²) in [4.78, 5) is 9.33. The van der Waals surface area contributed by atoms with Crippen LogP contribution in [-0.4, -0.2) is 28.3 Å². The van der Waals surface area contributed by atoms with E-state index in [-0.39, 0.29) is 18.2 Å². The van der Waals surface area contributed by atoms with E-state index in [4.69, 9.17) is 10.9 Å². The molecule has 0 fully saturated rings. The van der Waals surface area contributed by atoms with E-state index in [9.17, 15) is 9.46 Å². The van der Waals surface area contributed by atoms with Crippen LogP contribution in [0.4, 0.5) is 0 Å². The van der Waals surface area contributed by atoms with E-state index in [2.05, 4.69) is 5.16 Å². The van der Waals surface area contributed by atoms with Gasteiger partial charge in [0.15, 0.2) is 0 Å². The summed E-state index contributed by atoms with van der Waals surface area (Å²) in [6, 6.07) is 0. The Morgan fingerprint density at radius 2 is 2.15 bits per heavy atom. The van der Waals surface area contributed by atoms with E-state index in [1.54, 1.807) is 0 Å². The second kappa shape index (κ2) is 6.00. The van der Waals surface area contributed by atoms with Gasteiger partial charge in [-0.2, -0.15) is 0 Å². The number of rotatable bonds is 6. The van der Waals surface area contributed by atoms with Crippen molar-refractivity contribution >= 4 is 13.2 Å². The smallest absolute Gasteiger partial charge is 0.208 e. The second-order valence-electron chi connectivity index (χ2n) is 3.03. The molecule has 13 heavy (non-hydrogen) atoms. The SMILES string of the molecule is CCCCCP(=O)(O)CC(N)=NO. The maximum atomic E-state index is 11.3. The monoisotopic (exact) mass is 208 g/mol. The minimum Gasteiger partial charge on any atom is -0.409 e. The van der Waals surface area contributed by atoms with Crippen molar-refractivity contribution in [2.24, 2.45) is 10.9 Å². The van der Waals surface area contributed by atoms with E-state index < -0.39 is 7.37 Å². The molecular weight excluding hydrogens is 191 g/mol. The molecule has 78 valence electrons. The molecule has 0 aromatic rings. The highest BCUT2D eigenvalue weighted by molar-refractivity contribution is 7.58. The van der Waals surface area contributed by atoms with E-state index in [0.29, 0.717) is 6.42 Å². The topological polar surface area (TPSA) is 95.9 Å². The van der Waals surface area contributed by atoms with Crippen molar-refractivity contribution in [1.29, 1.82) is 0 Å². The molecule has 0 heterocycles. The third-order valence-corrected chi connectivity index (χ3v) is 3.48. The molecule has 0 rings (SSSR count). The van der Waals surface area contributed by atoms with Crippen LogP contribution in [0.3, 0.4) is 0 Å². The maximum Gasteiger partial charge on any atom is 0.208 e. The molecule has 5 nitrogen and oxygen atoms in total. The highest BCUT2D eigenvalue weighted by atomic mass is 31.2. The Bertz CT molecular complexity index is 218. The first-order chi connectivity index (χ1) is 6.02. The van der Waals surface area contributed by atoms with E-state index >= 15 is 0 Å². The van der Waals surface area contributed by atoms with Gasteiger partial charge in [-0.25, -0.2) is 0 Å². The van der Waals surface area contributed by atoms with Crippen LogP contribution in [0.2, 0.25) is 0 Å². The number of hydrogen-bond donors (Lipinski definition) is 3. The van der Waals surface area contributed by atoms with Crippen LogP contribution in [0.15, 0.2) is 5.16 Å². The van der Waals surface area contributed by atoms with Gasteiger partial charge in [0.25, 0.3) is 0 Å². The predicted octanol–water partition coefficient (Wildman–Crippen LogP) is 1.19. The van der Waals surface area contributed by atoms with Gasteiger partial charge < -0.3 is 15.8 Å². The highest BCUT2D eigenvalue weighted by Gasteiger charge is 2.19. The van der Waals surface area contributed by atoms with Gasteiger partial charge in [-0.1, -0.05) is 24.9 Å². The first-order valence-electron chi connectivity index (χ1n) is 4.29. The van der Waals surface area contributed by atoms with Crippen LogP contribution in [0.25, 0.3) is 0 Å². The summed E-state index contributed by atoms with van der Waals surface area (Å²) in [7, 11) is -3.21. The van der Waals surface area contributed by atoms with E-state index in [1.807, 2.05) is 6.92 Å². The molecule has 0 bridgehead atoms. The summed E-state index contributed by atoms with van der Waals surface area (Å²) in [5.41, 5.74) is 5.13. The van der Waals surface area contributed by atoms with Crippen molar-refractivity contribution in [3.63, 3.8) is 0 Å². The van der Waals surface area contributed by atoms with Gasteiger partial charge in [-0.05, 0) is 6.42 Å². The van der Waals surface area contributed by atoms with E-state index in [0.717, 1.165) is 12.8 Å². The summed E-state index contributed by atoms with van der Waals surface area (Å²) in [6.45, 7) is 2.02. The molecule has 0 saturated carbocycles. The molecule has 0 aliphatic heterocycles. The van der Waals surface area contributed by atoms with Gasteiger partial charge in [-0.3, -0.25) is 4.57 Å². The molecule has 6 heteroatoms. The number of hydrogen-bond acceptors (Lipinski definition) is 3. The molecule has 0 aliphatic rings. The number of amidine groups is 1. The first-order valence-corrected chi connectivity index (χ1v) is 6.32. The lowest BCUT2D eigenvalue weighted by Crippen LogP contribution is -2.17. The molecule has 0 radical (unpaired) electrons. The largest absolute Gasteiger partial charge is 0.409 e. The molecule has 0 saturated heterocycles. The fraction of sp³-hybridized carbons (Fsp3) is 0.857. The van der Waals surface area contributed by atoms with Crippen LogP contribution >= 0.6 is 7.37 Å². The lowest BCUT2D eigenvalue weighted by Gasteiger charge is -2.09. The standard InChI is InChI=1S/C7H17N2O3P/c1-2-3-4-5-13(11,12)6-7(8)9-10/h10H,2-6H2,1H3,(H2,8,9)(H,11,12). The molecule has 4 N–H and O–H groups in total. The van der Waals surface area contributed by atoms with Crippen LogP contribution in [0.5, 0.6) is 0 Å². The minimum atomic E-state index is -3.21. The fourth-order valence-corrected chi connectivity index (χ4v) is 2.42. The molecule has 0 aromatic heterocycles. The molecule has 0 aromatic carbocycles. The average Bonchev–Trinajstić information content (AvgIpc) is 2.03. The summed E-state index contributed by atoms with van der Waals surface area (Å²) in [5, 5.41) is 10.9. The number of nitrogens with two attached hydrogens (primary N) is 1. The molecule has 0 aliphatic carbocycles. The van der Waals surface area contributed by atoms with Crippen molar-refractivity contribution in [1.82, 2.24) is 0 Å². The van der Waals surface area contributed by atoms with Crippen LogP contribution < -0.4 is 5.73 Å². The van der Waals surface area contributed by atoms with Gasteiger partial charge in [0.05, 0.1) is 6.16 Å². The Hall–Kier alpha value is -0.540. The van der Waals surface area contributed by atoms with Crippen molar-refractivity contribution in [3.05, 3.63) is 0 Å². The van der Waals surface area contributed by atoms with Gasteiger partial charge in [0, 0.05) is 6.16 Å². The van der Waals surface area contributed by atoms with E-state index in [1.165, 1.54) is 0 Å². The summed E-state index contributed by atoms with van der Waals surface area (Å²) < 4.78 is 11.3. The van der Waals surface area contributed by atoms with Crippen LogP contribution in [0, 0.1) is 0 Å². The third kappa shape index (κ3) is 6.61. The van der Waals surface area contributed by atoms with Crippen molar-refractivity contribution < 1.29 is 14.7 Å². The number of nitrogens with zero attached hydrogens (tertiary/aromatic N) is 1. The average molecular weight is 208 g/mol. The minimum absolute atomic E-state index is 0.178. The van der Waals surface area contributed by atoms with Crippen LogP contribution in [0.1, 0.15) is 26.2 Å². The van der Waals surface area contributed by atoms with Crippen LogP contribution in [-0.2, 0) is 4.57 Å². The van der Waals surface area contributed by atoms with Crippen molar-refractivity contribution in [2.75, 3.05) is 12.3 Å². The fourth-order valence-electron chi connectivity index (χ4n) is 0.973. The molecule has 0 amide bonds. The molecular formula is C7H17N2O3P. The summed E-state index contributed by atoms with van der Waals surface area (Å²) in [5.74, 6) is -0.178. The third-order valence-electron chi connectivity index (χ3n) is 1.65. The Morgan fingerprint density at radius 3 is 2.62 bits per heavy atom. The Morgan fingerprint density at radius 1 is 1.54 bits per heavy atom. The lowest BCUT2D eigenvalue weighted by atomic mass is 10.3. The normalized spacial score (nSPS) is 16.9. The molecule has 1 atom stereocenters. The zero-order chi connectivity index (χ0) is 10.3. The number of oxime groups is 1. The van der Waals surface area contributed by atoms with Gasteiger partial charge in [0.2, 0.25) is 7.37 Å². The maximum absolute atomic E-state index is 11.3.